The van der Waals surface area contributed by atoms with Crippen LogP contribution in [-0.4, -0.2) is 30.9 Å². The smallest absolute Gasteiger partial charge is 0.253 e. The molecule has 5 nitrogen and oxygen atoms in total. The molecule has 5 heteroatoms. The van der Waals surface area contributed by atoms with Crippen LogP contribution in [0.15, 0.2) is 18.2 Å². The Morgan fingerprint density at radius 2 is 1.85 bits per heavy atom. The Labute approximate surface area is 156 Å². The maximum absolute atomic E-state index is 12.8. The zero-order valence-corrected chi connectivity index (χ0v) is 16.0. The molecular formula is C21H31N3O2. The van der Waals surface area contributed by atoms with E-state index >= 15 is 0 Å². The van der Waals surface area contributed by atoms with Gasteiger partial charge in [-0.05, 0) is 57.2 Å². The second-order valence-electron chi connectivity index (χ2n) is 7.68. The van der Waals surface area contributed by atoms with Crippen molar-refractivity contribution < 1.29 is 9.59 Å². The largest absolute Gasteiger partial charge is 0.371 e. The Balaban J connectivity index is 1.85. The van der Waals surface area contributed by atoms with E-state index in [0.29, 0.717) is 5.56 Å². The van der Waals surface area contributed by atoms with Gasteiger partial charge < -0.3 is 15.5 Å². The molecule has 0 radical (unpaired) electrons. The predicted octanol–water partition coefficient (Wildman–Crippen LogP) is 3.94. The Hall–Kier alpha value is -2.04. The number of nitrogens with one attached hydrogen (secondary N) is 2. The molecule has 2 N–H and O–H groups in total. The highest BCUT2D eigenvalue weighted by atomic mass is 16.2. The fourth-order valence-electron chi connectivity index (χ4n) is 3.37. The molecule has 2 fully saturated rings. The minimum Gasteiger partial charge on any atom is -0.371 e. The van der Waals surface area contributed by atoms with Gasteiger partial charge in [-0.25, -0.2) is 0 Å². The van der Waals surface area contributed by atoms with E-state index in [9.17, 15) is 9.59 Å². The maximum atomic E-state index is 12.8. The van der Waals surface area contributed by atoms with Crippen molar-refractivity contribution in [3.05, 3.63) is 23.8 Å². The van der Waals surface area contributed by atoms with Crippen molar-refractivity contribution in [3.8, 4) is 0 Å². The molecule has 26 heavy (non-hydrogen) atoms. The van der Waals surface area contributed by atoms with Crippen molar-refractivity contribution >= 4 is 23.2 Å². The molecule has 1 atom stereocenters. The molecule has 142 valence electrons. The number of hydrogen-bond donors (Lipinski definition) is 2. The summed E-state index contributed by atoms with van der Waals surface area (Å²) in [4.78, 5) is 27.2. The van der Waals surface area contributed by atoms with Crippen LogP contribution in [0.4, 0.5) is 11.4 Å². The van der Waals surface area contributed by atoms with Gasteiger partial charge in [0, 0.05) is 30.7 Å². The highest BCUT2D eigenvalue weighted by Crippen LogP contribution is 2.32. The van der Waals surface area contributed by atoms with Crippen LogP contribution < -0.4 is 15.5 Å². The van der Waals surface area contributed by atoms with Gasteiger partial charge in [-0.1, -0.05) is 19.8 Å². The first kappa shape index (κ1) is 18.7. The summed E-state index contributed by atoms with van der Waals surface area (Å²) in [5.41, 5.74) is 2.44. The molecule has 0 spiro atoms. The number of carbonyl (C=O) groups excluding carboxylic acids is 2. The Kier molecular flexibility index (Phi) is 6.17. The molecule has 1 heterocycles. The average Bonchev–Trinajstić information content (AvgIpc) is 3.48. The standard InChI is InChI=1S/C21H31N3O2/c1-3-15(2)22-21(26)18-11-10-17(23-20(25)16-8-9-16)14-19(18)24-12-6-4-5-7-13-24/h10-11,14-16H,3-9,12-13H2,1-2H3,(H,22,26)(H,23,25)/t15-/m1/s1. The van der Waals surface area contributed by atoms with Gasteiger partial charge in [-0.2, -0.15) is 0 Å². The average molecular weight is 357 g/mol. The number of anilines is 2. The van der Waals surface area contributed by atoms with Gasteiger partial charge in [0.05, 0.1) is 11.3 Å². The van der Waals surface area contributed by atoms with Crippen molar-refractivity contribution in [2.24, 2.45) is 5.92 Å². The molecule has 2 aliphatic rings. The third-order valence-corrected chi connectivity index (χ3v) is 5.39. The maximum Gasteiger partial charge on any atom is 0.253 e. The molecule has 1 aromatic rings. The molecule has 1 aliphatic carbocycles. The van der Waals surface area contributed by atoms with Crippen molar-refractivity contribution in [1.29, 1.82) is 0 Å². The van der Waals surface area contributed by atoms with Gasteiger partial charge in [-0.3, -0.25) is 9.59 Å². The van der Waals surface area contributed by atoms with E-state index in [1.807, 2.05) is 25.1 Å². The van der Waals surface area contributed by atoms with Crippen LogP contribution in [-0.2, 0) is 4.79 Å². The molecule has 0 unspecified atom stereocenters. The zero-order chi connectivity index (χ0) is 18.5. The van der Waals surface area contributed by atoms with Crippen LogP contribution in [0.3, 0.4) is 0 Å². The monoisotopic (exact) mass is 357 g/mol. The molecule has 1 saturated heterocycles. The predicted molar refractivity (Wildman–Crippen MR) is 106 cm³/mol. The number of rotatable bonds is 6. The lowest BCUT2D eigenvalue weighted by atomic mass is 10.1. The van der Waals surface area contributed by atoms with Gasteiger partial charge in [0.2, 0.25) is 5.91 Å². The highest BCUT2D eigenvalue weighted by Gasteiger charge is 2.30. The summed E-state index contributed by atoms with van der Waals surface area (Å²) in [6.45, 7) is 6.01. The first-order valence-electron chi connectivity index (χ1n) is 10.1. The molecule has 1 aliphatic heterocycles. The van der Waals surface area contributed by atoms with Crippen molar-refractivity contribution in [1.82, 2.24) is 5.32 Å². The van der Waals surface area contributed by atoms with E-state index in [1.165, 1.54) is 12.8 Å². The third-order valence-electron chi connectivity index (χ3n) is 5.39. The summed E-state index contributed by atoms with van der Waals surface area (Å²) in [5, 5.41) is 6.10. The second kappa shape index (κ2) is 8.56. The lowest BCUT2D eigenvalue weighted by Gasteiger charge is -2.26. The molecule has 0 aromatic heterocycles. The molecule has 1 aromatic carbocycles. The number of carbonyl (C=O) groups is 2. The van der Waals surface area contributed by atoms with Crippen LogP contribution in [0.25, 0.3) is 0 Å². The first-order chi connectivity index (χ1) is 12.6. The number of nitrogens with zero attached hydrogens (tertiary/aromatic N) is 1. The zero-order valence-electron chi connectivity index (χ0n) is 16.0. The molecule has 2 amide bonds. The Morgan fingerprint density at radius 3 is 2.46 bits per heavy atom. The lowest BCUT2D eigenvalue weighted by molar-refractivity contribution is -0.117. The normalized spacial score (nSPS) is 18.8. The summed E-state index contributed by atoms with van der Waals surface area (Å²) < 4.78 is 0. The highest BCUT2D eigenvalue weighted by molar-refractivity contribution is 6.02. The molecule has 1 saturated carbocycles. The molecule has 0 bridgehead atoms. The van der Waals surface area contributed by atoms with E-state index < -0.39 is 0 Å². The van der Waals surface area contributed by atoms with Crippen LogP contribution in [0.1, 0.15) is 69.2 Å². The first-order valence-corrected chi connectivity index (χ1v) is 10.1. The summed E-state index contributed by atoms with van der Waals surface area (Å²) >= 11 is 0. The van der Waals surface area contributed by atoms with E-state index in [4.69, 9.17) is 0 Å². The molecular weight excluding hydrogens is 326 g/mol. The van der Waals surface area contributed by atoms with E-state index in [0.717, 1.165) is 56.6 Å². The van der Waals surface area contributed by atoms with Crippen LogP contribution in [0.2, 0.25) is 0 Å². The van der Waals surface area contributed by atoms with Gasteiger partial charge in [0.1, 0.15) is 0 Å². The van der Waals surface area contributed by atoms with Crippen LogP contribution in [0.5, 0.6) is 0 Å². The Morgan fingerprint density at radius 1 is 1.15 bits per heavy atom. The number of amides is 2. The fourth-order valence-corrected chi connectivity index (χ4v) is 3.37. The third kappa shape index (κ3) is 4.77. The SMILES string of the molecule is CC[C@@H](C)NC(=O)c1ccc(NC(=O)C2CC2)cc1N1CCCCCC1. The second-order valence-corrected chi connectivity index (χ2v) is 7.68. The van der Waals surface area contributed by atoms with Crippen molar-refractivity contribution in [2.45, 2.75) is 64.8 Å². The topological polar surface area (TPSA) is 61.4 Å². The minimum atomic E-state index is -0.0290. The van der Waals surface area contributed by atoms with E-state index in [1.54, 1.807) is 0 Å². The van der Waals surface area contributed by atoms with Crippen molar-refractivity contribution in [3.63, 3.8) is 0 Å². The number of benzene rings is 1. The summed E-state index contributed by atoms with van der Waals surface area (Å²) in [6, 6.07) is 5.85. The van der Waals surface area contributed by atoms with Gasteiger partial charge in [-0.15, -0.1) is 0 Å². The van der Waals surface area contributed by atoms with E-state index in [2.05, 4.69) is 22.5 Å². The van der Waals surface area contributed by atoms with Gasteiger partial charge in [0.25, 0.3) is 5.91 Å². The Bertz CT molecular complexity index is 647. The van der Waals surface area contributed by atoms with Crippen LogP contribution >= 0.6 is 0 Å². The number of hydrogen-bond acceptors (Lipinski definition) is 3. The minimum absolute atomic E-state index is 0.0290. The van der Waals surface area contributed by atoms with Crippen LogP contribution in [0, 0.1) is 5.92 Å². The van der Waals surface area contributed by atoms with Gasteiger partial charge >= 0.3 is 0 Å². The lowest BCUT2D eigenvalue weighted by Crippen LogP contribution is -2.34. The molecule has 3 rings (SSSR count). The summed E-state index contributed by atoms with van der Waals surface area (Å²) in [5.74, 6) is 0.243. The van der Waals surface area contributed by atoms with E-state index in [-0.39, 0.29) is 23.8 Å². The van der Waals surface area contributed by atoms with Crippen molar-refractivity contribution in [2.75, 3.05) is 23.3 Å². The summed E-state index contributed by atoms with van der Waals surface area (Å²) in [7, 11) is 0. The fraction of sp³-hybridized carbons (Fsp3) is 0.619. The summed E-state index contributed by atoms with van der Waals surface area (Å²) in [6.07, 6.45) is 7.64. The quantitative estimate of drug-likeness (QED) is 0.810. The van der Waals surface area contributed by atoms with Gasteiger partial charge in [0.15, 0.2) is 0 Å².